The maximum atomic E-state index is 12.4. The molecular formula is C20H18N2O2S2. The van der Waals surface area contributed by atoms with Crippen molar-refractivity contribution < 1.29 is 9.59 Å². The molecule has 0 saturated carbocycles. The lowest BCUT2D eigenvalue weighted by Crippen LogP contribution is -2.22. The van der Waals surface area contributed by atoms with Gasteiger partial charge in [0.2, 0.25) is 5.91 Å². The van der Waals surface area contributed by atoms with Crippen LogP contribution in [0, 0.1) is 0 Å². The van der Waals surface area contributed by atoms with Gasteiger partial charge in [-0.25, -0.2) is 4.98 Å². The molecule has 132 valence electrons. The number of hydrogen-bond donors (Lipinski definition) is 1. The first kappa shape index (κ1) is 18.4. The number of carbonyl (C=O) groups excluding carboxylic acids is 2. The maximum absolute atomic E-state index is 12.4. The highest BCUT2D eigenvalue weighted by Crippen LogP contribution is 2.31. The summed E-state index contributed by atoms with van der Waals surface area (Å²) >= 11 is 2.97. The van der Waals surface area contributed by atoms with Crippen LogP contribution in [0.3, 0.4) is 0 Å². The van der Waals surface area contributed by atoms with Crippen LogP contribution < -0.4 is 5.32 Å². The van der Waals surface area contributed by atoms with Gasteiger partial charge in [0.25, 0.3) is 0 Å². The smallest absolute Gasteiger partial charge is 0.237 e. The fourth-order valence-electron chi connectivity index (χ4n) is 2.29. The quantitative estimate of drug-likeness (QED) is 0.474. The van der Waals surface area contributed by atoms with E-state index in [2.05, 4.69) is 10.3 Å². The Balaban J connectivity index is 1.61. The molecule has 0 aliphatic carbocycles. The molecule has 1 amide bonds. The Hall–Kier alpha value is -2.44. The summed E-state index contributed by atoms with van der Waals surface area (Å²) in [5, 5.41) is 4.59. The van der Waals surface area contributed by atoms with Crippen LogP contribution in [0.15, 0.2) is 64.3 Å². The molecule has 0 saturated heterocycles. The number of nitrogens with one attached hydrogen (secondary N) is 1. The normalized spacial score (nSPS) is 11.8. The van der Waals surface area contributed by atoms with Crippen molar-refractivity contribution in [2.24, 2.45) is 0 Å². The molecule has 1 heterocycles. The van der Waals surface area contributed by atoms with E-state index in [4.69, 9.17) is 0 Å². The second kappa shape index (κ2) is 8.29. The van der Waals surface area contributed by atoms with Gasteiger partial charge in [0.15, 0.2) is 10.1 Å². The van der Waals surface area contributed by atoms with Crippen molar-refractivity contribution in [1.82, 2.24) is 4.98 Å². The molecule has 2 aromatic carbocycles. The lowest BCUT2D eigenvalue weighted by atomic mass is 10.1. The minimum absolute atomic E-state index is 0.00444. The summed E-state index contributed by atoms with van der Waals surface area (Å²) in [6, 6.07) is 16.9. The minimum atomic E-state index is -0.280. The molecule has 0 spiro atoms. The zero-order chi connectivity index (χ0) is 18.5. The van der Waals surface area contributed by atoms with Crippen LogP contribution in [0.25, 0.3) is 11.3 Å². The molecule has 3 rings (SSSR count). The molecule has 6 heteroatoms. The maximum Gasteiger partial charge on any atom is 0.237 e. The SMILES string of the molecule is CC(=O)c1ccc(NC(=O)[C@@H](C)Sc2nc(-c3ccccc3)cs2)cc1. The lowest BCUT2D eigenvalue weighted by Gasteiger charge is -2.10. The van der Waals surface area contributed by atoms with Gasteiger partial charge in [-0.15, -0.1) is 11.3 Å². The number of anilines is 1. The van der Waals surface area contributed by atoms with Gasteiger partial charge in [-0.3, -0.25) is 9.59 Å². The standard InChI is InChI=1S/C20H18N2O2S2/c1-13(23)15-8-10-17(11-9-15)21-19(24)14(2)26-20-22-18(12-25-20)16-6-4-3-5-7-16/h3-12,14H,1-2H3,(H,21,24)/t14-/m1/s1. The number of thiazole rings is 1. The number of aromatic nitrogens is 1. The largest absolute Gasteiger partial charge is 0.325 e. The van der Waals surface area contributed by atoms with Gasteiger partial charge in [0, 0.05) is 22.2 Å². The van der Waals surface area contributed by atoms with E-state index in [1.807, 2.05) is 42.6 Å². The number of amides is 1. The monoisotopic (exact) mass is 382 g/mol. The Bertz CT molecular complexity index is 905. The second-order valence-electron chi connectivity index (χ2n) is 5.75. The summed E-state index contributed by atoms with van der Waals surface area (Å²) in [6.45, 7) is 3.37. The predicted octanol–water partition coefficient (Wildman–Crippen LogP) is 5.13. The molecular weight excluding hydrogens is 364 g/mol. The van der Waals surface area contributed by atoms with Gasteiger partial charge in [-0.2, -0.15) is 0 Å². The number of nitrogens with zero attached hydrogens (tertiary/aromatic N) is 1. The van der Waals surface area contributed by atoms with Gasteiger partial charge in [-0.05, 0) is 38.1 Å². The summed E-state index contributed by atoms with van der Waals surface area (Å²) < 4.78 is 0.860. The number of rotatable bonds is 6. The Morgan fingerprint density at radius 1 is 1.08 bits per heavy atom. The van der Waals surface area contributed by atoms with E-state index in [9.17, 15) is 9.59 Å². The predicted molar refractivity (Wildman–Crippen MR) is 108 cm³/mol. The van der Waals surface area contributed by atoms with Crippen LogP contribution in [0.5, 0.6) is 0 Å². The number of ketones is 1. The first-order chi connectivity index (χ1) is 12.5. The fourth-order valence-corrected chi connectivity index (χ4v) is 4.26. The first-order valence-electron chi connectivity index (χ1n) is 8.12. The molecule has 4 nitrogen and oxygen atoms in total. The van der Waals surface area contributed by atoms with E-state index in [-0.39, 0.29) is 16.9 Å². The molecule has 1 N–H and O–H groups in total. The highest BCUT2D eigenvalue weighted by atomic mass is 32.2. The molecule has 0 unspecified atom stereocenters. The number of hydrogen-bond acceptors (Lipinski definition) is 5. The Kier molecular flexibility index (Phi) is 5.85. The van der Waals surface area contributed by atoms with Crippen molar-refractivity contribution in [2.45, 2.75) is 23.4 Å². The van der Waals surface area contributed by atoms with Crippen molar-refractivity contribution in [2.75, 3.05) is 5.32 Å². The Morgan fingerprint density at radius 3 is 2.42 bits per heavy atom. The zero-order valence-electron chi connectivity index (χ0n) is 14.4. The topological polar surface area (TPSA) is 59.1 Å². The molecule has 1 aromatic heterocycles. The number of Topliss-reactive ketones (excluding diaryl/α,β-unsaturated/α-hetero) is 1. The van der Waals surface area contributed by atoms with Gasteiger partial charge in [0.05, 0.1) is 10.9 Å². The molecule has 1 atom stereocenters. The van der Waals surface area contributed by atoms with Crippen LogP contribution in [0.2, 0.25) is 0 Å². The van der Waals surface area contributed by atoms with E-state index >= 15 is 0 Å². The lowest BCUT2D eigenvalue weighted by molar-refractivity contribution is -0.115. The molecule has 0 radical (unpaired) electrons. The molecule has 0 aliphatic rings. The van der Waals surface area contributed by atoms with Crippen LogP contribution in [-0.2, 0) is 4.79 Å². The van der Waals surface area contributed by atoms with Crippen LogP contribution in [0.4, 0.5) is 5.69 Å². The van der Waals surface area contributed by atoms with Gasteiger partial charge in [0.1, 0.15) is 0 Å². The van der Waals surface area contributed by atoms with E-state index in [0.29, 0.717) is 11.3 Å². The number of carbonyl (C=O) groups is 2. The molecule has 3 aromatic rings. The van der Waals surface area contributed by atoms with E-state index in [0.717, 1.165) is 15.6 Å². The van der Waals surface area contributed by atoms with E-state index in [1.54, 1.807) is 24.3 Å². The third kappa shape index (κ3) is 4.59. The van der Waals surface area contributed by atoms with Crippen LogP contribution in [0.1, 0.15) is 24.2 Å². The average Bonchev–Trinajstić information content (AvgIpc) is 3.11. The van der Waals surface area contributed by atoms with Crippen molar-refractivity contribution in [1.29, 1.82) is 0 Å². The molecule has 0 aliphatic heterocycles. The second-order valence-corrected chi connectivity index (χ2v) is 8.19. The van der Waals surface area contributed by atoms with E-state index < -0.39 is 0 Å². The molecule has 0 fully saturated rings. The van der Waals surface area contributed by atoms with Crippen molar-refractivity contribution in [3.05, 3.63) is 65.5 Å². The van der Waals surface area contributed by atoms with Crippen LogP contribution >= 0.6 is 23.1 Å². The third-order valence-corrected chi connectivity index (χ3v) is 5.83. The van der Waals surface area contributed by atoms with Crippen molar-refractivity contribution in [3.8, 4) is 11.3 Å². The van der Waals surface area contributed by atoms with Gasteiger partial charge in [-0.1, -0.05) is 42.1 Å². The Labute approximate surface area is 160 Å². The number of thioether (sulfide) groups is 1. The summed E-state index contributed by atoms with van der Waals surface area (Å²) in [5.41, 5.74) is 3.29. The van der Waals surface area contributed by atoms with Gasteiger partial charge >= 0.3 is 0 Å². The molecule has 0 bridgehead atoms. The third-order valence-electron chi connectivity index (χ3n) is 3.76. The summed E-state index contributed by atoms with van der Waals surface area (Å²) in [4.78, 5) is 28.3. The highest BCUT2D eigenvalue weighted by molar-refractivity contribution is 8.02. The number of benzene rings is 2. The molecule has 26 heavy (non-hydrogen) atoms. The van der Waals surface area contributed by atoms with Crippen molar-refractivity contribution in [3.63, 3.8) is 0 Å². The zero-order valence-corrected chi connectivity index (χ0v) is 16.1. The summed E-state index contributed by atoms with van der Waals surface area (Å²) in [6.07, 6.45) is 0. The summed E-state index contributed by atoms with van der Waals surface area (Å²) in [5.74, 6) is -0.0909. The Morgan fingerprint density at radius 2 is 1.77 bits per heavy atom. The van der Waals surface area contributed by atoms with E-state index in [1.165, 1.54) is 30.0 Å². The van der Waals surface area contributed by atoms with Gasteiger partial charge < -0.3 is 5.32 Å². The van der Waals surface area contributed by atoms with Crippen molar-refractivity contribution >= 4 is 40.5 Å². The highest BCUT2D eigenvalue weighted by Gasteiger charge is 2.17. The summed E-state index contributed by atoms with van der Waals surface area (Å²) in [7, 11) is 0. The first-order valence-corrected chi connectivity index (χ1v) is 9.88. The minimum Gasteiger partial charge on any atom is -0.325 e. The average molecular weight is 383 g/mol. The van der Waals surface area contributed by atoms with Crippen LogP contribution in [-0.4, -0.2) is 21.9 Å². The fraction of sp³-hybridized carbons (Fsp3) is 0.150.